The van der Waals surface area contributed by atoms with Gasteiger partial charge in [0.25, 0.3) is 0 Å². The summed E-state index contributed by atoms with van der Waals surface area (Å²) >= 11 is 0. The summed E-state index contributed by atoms with van der Waals surface area (Å²) in [4.78, 5) is 23.2. The van der Waals surface area contributed by atoms with E-state index in [1.54, 1.807) is 13.8 Å². The zero-order chi connectivity index (χ0) is 16.4. The molecule has 0 aromatic heterocycles. The van der Waals surface area contributed by atoms with E-state index >= 15 is 0 Å². The fourth-order valence-electron chi connectivity index (χ4n) is 1.83. The second-order valence-electron chi connectivity index (χ2n) is 5.41. The lowest BCUT2D eigenvalue weighted by Crippen LogP contribution is -2.31. The number of rotatable bonds is 10. The third kappa shape index (κ3) is 7.69. The number of ether oxygens (including phenoxy) is 2. The second kappa shape index (κ2) is 10.2. The minimum absolute atomic E-state index is 0.0110. The molecule has 0 saturated heterocycles. The summed E-state index contributed by atoms with van der Waals surface area (Å²) in [5, 5.41) is 0. The summed E-state index contributed by atoms with van der Waals surface area (Å²) in [6.07, 6.45) is 3.25. The first-order chi connectivity index (χ1) is 9.83. The van der Waals surface area contributed by atoms with Gasteiger partial charge in [0.15, 0.2) is 0 Å². The maximum absolute atomic E-state index is 11.7. The Bertz CT molecular complexity index is 384. The molecule has 2 atom stereocenters. The van der Waals surface area contributed by atoms with Crippen LogP contribution in [-0.2, 0) is 19.1 Å². The Kier molecular flexibility index (Phi) is 9.42. The molecule has 0 aliphatic heterocycles. The van der Waals surface area contributed by atoms with E-state index in [-0.39, 0.29) is 24.6 Å². The normalized spacial score (nSPS) is 13.1. The van der Waals surface area contributed by atoms with Crippen molar-refractivity contribution in [2.45, 2.75) is 59.5 Å². The molecule has 0 heterocycles. The Morgan fingerprint density at radius 3 is 2.05 bits per heavy atom. The van der Waals surface area contributed by atoms with Gasteiger partial charge in [-0.1, -0.05) is 39.8 Å². The molecule has 0 rings (SSSR count). The lowest BCUT2D eigenvalue weighted by molar-refractivity contribution is -0.151. The van der Waals surface area contributed by atoms with E-state index in [9.17, 15) is 9.59 Å². The van der Waals surface area contributed by atoms with E-state index in [0.717, 1.165) is 25.7 Å². The third-order valence-electron chi connectivity index (χ3n) is 3.28. The van der Waals surface area contributed by atoms with Gasteiger partial charge in [0.05, 0.1) is 6.61 Å². The zero-order valence-corrected chi connectivity index (χ0v) is 13.7. The van der Waals surface area contributed by atoms with Crippen molar-refractivity contribution in [3.05, 3.63) is 24.3 Å². The van der Waals surface area contributed by atoms with Gasteiger partial charge in [0.2, 0.25) is 0 Å². The standard InChI is InChI=1S/C17H28O4/c1-7-9-10-15(21-17(19)13(5)6)14(8-2)11-20-16(18)12(3)4/h14-15H,3,5,7-11H2,1-2,4,6H3. The summed E-state index contributed by atoms with van der Waals surface area (Å²) in [7, 11) is 0. The van der Waals surface area contributed by atoms with Crippen molar-refractivity contribution in [2.75, 3.05) is 6.61 Å². The molecular formula is C17H28O4. The third-order valence-corrected chi connectivity index (χ3v) is 3.28. The number of hydrogen-bond donors (Lipinski definition) is 0. The molecule has 4 nitrogen and oxygen atoms in total. The molecule has 0 N–H and O–H groups in total. The Morgan fingerprint density at radius 1 is 1.05 bits per heavy atom. The molecule has 21 heavy (non-hydrogen) atoms. The Hall–Kier alpha value is -1.58. The maximum atomic E-state index is 11.7. The van der Waals surface area contributed by atoms with Crippen molar-refractivity contribution in [3.63, 3.8) is 0 Å². The van der Waals surface area contributed by atoms with Crippen LogP contribution in [0.1, 0.15) is 53.4 Å². The maximum Gasteiger partial charge on any atom is 0.333 e. The highest BCUT2D eigenvalue weighted by molar-refractivity contribution is 5.87. The predicted octanol–water partition coefficient (Wildman–Crippen LogP) is 3.81. The van der Waals surface area contributed by atoms with E-state index in [0.29, 0.717) is 11.1 Å². The topological polar surface area (TPSA) is 52.6 Å². The number of unbranched alkanes of at least 4 members (excludes halogenated alkanes) is 1. The Labute approximate surface area is 128 Å². The fourth-order valence-corrected chi connectivity index (χ4v) is 1.83. The van der Waals surface area contributed by atoms with Crippen LogP contribution in [0.5, 0.6) is 0 Å². The van der Waals surface area contributed by atoms with Gasteiger partial charge < -0.3 is 9.47 Å². The number of carbonyl (C=O) groups is 2. The first kappa shape index (κ1) is 19.4. The molecule has 0 spiro atoms. The SMILES string of the molecule is C=C(C)C(=O)OCC(CC)C(CCCC)OC(=O)C(=C)C. The predicted molar refractivity (Wildman–Crippen MR) is 83.8 cm³/mol. The van der Waals surface area contributed by atoms with Crippen LogP contribution < -0.4 is 0 Å². The van der Waals surface area contributed by atoms with Crippen LogP contribution >= 0.6 is 0 Å². The number of hydrogen-bond acceptors (Lipinski definition) is 4. The Balaban J connectivity index is 4.73. The smallest absolute Gasteiger partial charge is 0.333 e. The van der Waals surface area contributed by atoms with Crippen molar-refractivity contribution in [3.8, 4) is 0 Å². The summed E-state index contributed by atoms with van der Waals surface area (Å²) in [5.74, 6) is -0.808. The zero-order valence-electron chi connectivity index (χ0n) is 13.7. The highest BCUT2D eigenvalue weighted by atomic mass is 16.6. The van der Waals surface area contributed by atoms with Crippen LogP contribution in [0.4, 0.5) is 0 Å². The van der Waals surface area contributed by atoms with Crippen molar-refractivity contribution in [1.82, 2.24) is 0 Å². The first-order valence-electron chi connectivity index (χ1n) is 7.52. The van der Waals surface area contributed by atoms with Crippen molar-refractivity contribution in [2.24, 2.45) is 5.92 Å². The lowest BCUT2D eigenvalue weighted by atomic mass is 9.95. The van der Waals surface area contributed by atoms with Gasteiger partial charge in [-0.25, -0.2) is 9.59 Å². The van der Waals surface area contributed by atoms with Gasteiger partial charge in [-0.05, 0) is 26.7 Å². The lowest BCUT2D eigenvalue weighted by Gasteiger charge is -2.26. The van der Waals surface area contributed by atoms with E-state index in [1.807, 2.05) is 6.92 Å². The molecule has 2 unspecified atom stereocenters. The molecule has 0 bridgehead atoms. The minimum atomic E-state index is -0.408. The van der Waals surface area contributed by atoms with E-state index in [1.165, 1.54) is 0 Å². The fraction of sp³-hybridized carbons (Fsp3) is 0.647. The van der Waals surface area contributed by atoms with Gasteiger partial charge in [0.1, 0.15) is 6.10 Å². The number of carbonyl (C=O) groups excluding carboxylic acids is 2. The van der Waals surface area contributed by atoms with Crippen LogP contribution in [0.2, 0.25) is 0 Å². The van der Waals surface area contributed by atoms with Crippen LogP contribution in [0.3, 0.4) is 0 Å². The molecule has 0 aliphatic rings. The highest BCUT2D eigenvalue weighted by Crippen LogP contribution is 2.20. The quantitative estimate of drug-likeness (QED) is 0.454. The van der Waals surface area contributed by atoms with Crippen LogP contribution in [0.25, 0.3) is 0 Å². The van der Waals surface area contributed by atoms with Crippen molar-refractivity contribution < 1.29 is 19.1 Å². The van der Waals surface area contributed by atoms with Gasteiger partial charge in [-0.3, -0.25) is 0 Å². The van der Waals surface area contributed by atoms with Gasteiger partial charge in [-0.15, -0.1) is 0 Å². The summed E-state index contributed by atoms with van der Waals surface area (Å²) in [6, 6.07) is 0. The molecule has 0 amide bonds. The molecule has 0 aromatic carbocycles. The molecule has 0 saturated carbocycles. The molecule has 120 valence electrons. The van der Waals surface area contributed by atoms with Crippen LogP contribution in [-0.4, -0.2) is 24.6 Å². The second-order valence-corrected chi connectivity index (χ2v) is 5.41. The van der Waals surface area contributed by atoms with E-state index < -0.39 is 5.97 Å². The van der Waals surface area contributed by atoms with Crippen molar-refractivity contribution in [1.29, 1.82) is 0 Å². The largest absolute Gasteiger partial charge is 0.462 e. The molecule has 4 heteroatoms. The van der Waals surface area contributed by atoms with Gasteiger partial charge in [0, 0.05) is 17.1 Å². The minimum Gasteiger partial charge on any atom is -0.462 e. The molecule has 0 aromatic rings. The summed E-state index contributed by atoms with van der Waals surface area (Å²) < 4.78 is 10.7. The number of esters is 2. The van der Waals surface area contributed by atoms with Crippen LogP contribution in [0.15, 0.2) is 24.3 Å². The first-order valence-corrected chi connectivity index (χ1v) is 7.52. The van der Waals surface area contributed by atoms with E-state index in [4.69, 9.17) is 9.47 Å². The molecule has 0 aliphatic carbocycles. The monoisotopic (exact) mass is 296 g/mol. The van der Waals surface area contributed by atoms with Gasteiger partial charge in [-0.2, -0.15) is 0 Å². The summed E-state index contributed by atoms with van der Waals surface area (Å²) in [5.41, 5.74) is 0.749. The highest BCUT2D eigenvalue weighted by Gasteiger charge is 2.25. The van der Waals surface area contributed by atoms with E-state index in [2.05, 4.69) is 20.1 Å². The average molecular weight is 296 g/mol. The van der Waals surface area contributed by atoms with Crippen molar-refractivity contribution >= 4 is 11.9 Å². The van der Waals surface area contributed by atoms with Gasteiger partial charge >= 0.3 is 11.9 Å². The molecular weight excluding hydrogens is 268 g/mol. The molecule has 0 radical (unpaired) electrons. The Morgan fingerprint density at radius 2 is 1.62 bits per heavy atom. The molecule has 0 fully saturated rings. The summed E-state index contributed by atoms with van der Waals surface area (Å²) in [6.45, 7) is 14.7. The average Bonchev–Trinajstić information content (AvgIpc) is 2.43. The van der Waals surface area contributed by atoms with Crippen LogP contribution in [0, 0.1) is 5.92 Å².